The molecular weight excluding hydrogens is 704 g/mol. The molecule has 2 aromatic carbocycles. The third kappa shape index (κ3) is 9.54. The number of hydrogen-bond acceptors (Lipinski definition) is 5. The zero-order valence-electron chi connectivity index (χ0n) is 24.2. The molecule has 1 atom stereocenters. The van der Waals surface area contributed by atoms with Crippen LogP contribution in [0.1, 0.15) is 38.3 Å². The summed E-state index contributed by atoms with van der Waals surface area (Å²) in [6.07, 6.45) is -7.32. The van der Waals surface area contributed by atoms with E-state index in [-0.39, 0.29) is 67.0 Å². The maximum absolute atomic E-state index is 13.6. The first-order chi connectivity index (χ1) is 20.3. The lowest BCUT2D eigenvalue weighted by Crippen LogP contribution is -2.57. The highest BCUT2D eigenvalue weighted by Crippen LogP contribution is 2.37. The maximum atomic E-state index is 13.6. The molecule has 16 heteroatoms. The summed E-state index contributed by atoms with van der Waals surface area (Å²) in [5.74, 6) is -1.09. The van der Waals surface area contributed by atoms with Gasteiger partial charge in [0.1, 0.15) is 5.75 Å². The van der Waals surface area contributed by atoms with E-state index in [4.69, 9.17) is 11.6 Å². The Morgan fingerprint density at radius 2 is 1.54 bits per heavy atom. The lowest BCUT2D eigenvalue weighted by atomic mass is 9.99. The van der Waals surface area contributed by atoms with Crippen LogP contribution in [0, 0.1) is 0 Å². The van der Waals surface area contributed by atoms with Crippen molar-refractivity contribution in [2.24, 2.45) is 0 Å². The number of hydrogen-bond donors (Lipinski definition) is 1. The number of nitrogens with zero attached hydrogens (tertiary/aromatic N) is 4. The van der Waals surface area contributed by atoms with E-state index in [1.54, 1.807) is 12.3 Å². The number of halogens is 10. The Morgan fingerprint density at radius 1 is 0.891 bits per heavy atom. The molecule has 1 amide bonds. The molecule has 0 spiro atoms. The quantitative estimate of drug-likeness (QED) is 0.272. The van der Waals surface area contributed by atoms with Gasteiger partial charge in [0.25, 0.3) is 5.91 Å². The van der Waals surface area contributed by atoms with Crippen molar-refractivity contribution in [3.8, 4) is 5.75 Å². The van der Waals surface area contributed by atoms with Crippen LogP contribution < -0.4 is 0 Å². The number of piperazine rings is 1. The van der Waals surface area contributed by atoms with Crippen molar-refractivity contribution in [2.75, 3.05) is 39.3 Å². The average molecular weight is 736 g/mol. The summed E-state index contributed by atoms with van der Waals surface area (Å²) in [6.45, 7) is 3.82. The lowest BCUT2D eigenvalue weighted by molar-refractivity contribution is -0.143. The number of carbonyl (C=O) groups excluding carboxylic acids is 1. The molecule has 3 aromatic rings. The molecule has 6 nitrogen and oxygen atoms in total. The third-order valence-corrected chi connectivity index (χ3v) is 8.24. The number of amides is 1. The zero-order chi connectivity index (χ0) is 30.9. The first-order valence-corrected chi connectivity index (χ1v) is 14.1. The van der Waals surface area contributed by atoms with E-state index in [1.807, 2.05) is 6.07 Å². The fourth-order valence-corrected chi connectivity index (χ4v) is 5.78. The smallest absolute Gasteiger partial charge is 0.416 e. The van der Waals surface area contributed by atoms with Crippen molar-refractivity contribution in [2.45, 2.75) is 37.8 Å². The summed E-state index contributed by atoms with van der Waals surface area (Å²) < 4.78 is 81.0. The molecule has 0 bridgehead atoms. The first kappa shape index (κ1) is 39.7. The summed E-state index contributed by atoms with van der Waals surface area (Å²) >= 11 is 5.94. The zero-order valence-corrected chi connectivity index (χ0v) is 27.4. The topological polar surface area (TPSA) is 59.9 Å². The number of rotatable bonds is 6. The lowest BCUT2D eigenvalue weighted by Gasteiger charge is -2.42. The van der Waals surface area contributed by atoms with E-state index in [1.165, 1.54) is 22.6 Å². The molecule has 46 heavy (non-hydrogen) atoms. The van der Waals surface area contributed by atoms with E-state index in [9.17, 15) is 36.2 Å². The van der Waals surface area contributed by atoms with Crippen LogP contribution in [0.2, 0.25) is 5.02 Å². The van der Waals surface area contributed by atoms with Crippen molar-refractivity contribution < 1.29 is 36.2 Å². The van der Waals surface area contributed by atoms with Crippen LogP contribution in [0.25, 0.3) is 0 Å². The van der Waals surface area contributed by atoms with E-state index in [0.717, 1.165) is 31.7 Å². The van der Waals surface area contributed by atoms with Crippen molar-refractivity contribution in [3.63, 3.8) is 0 Å². The predicted octanol–water partition coefficient (Wildman–Crippen LogP) is 7.17. The summed E-state index contributed by atoms with van der Waals surface area (Å²) in [5, 5.41) is 10.2. The molecule has 2 aliphatic heterocycles. The van der Waals surface area contributed by atoms with Gasteiger partial charge in [-0.1, -0.05) is 23.7 Å². The molecule has 2 aliphatic rings. The van der Waals surface area contributed by atoms with Gasteiger partial charge in [-0.2, -0.15) is 26.3 Å². The van der Waals surface area contributed by atoms with Crippen LogP contribution in [-0.2, 0) is 31.7 Å². The number of benzene rings is 2. The monoisotopic (exact) mass is 734 g/mol. The molecule has 0 radical (unpaired) electrons. The fraction of sp³-hybridized carbons (Fsp3) is 0.400. The van der Waals surface area contributed by atoms with Gasteiger partial charge in [0.05, 0.1) is 16.1 Å². The second kappa shape index (κ2) is 16.1. The first-order valence-electron chi connectivity index (χ1n) is 13.7. The highest BCUT2D eigenvalue weighted by Gasteiger charge is 2.39. The summed E-state index contributed by atoms with van der Waals surface area (Å²) in [6, 6.07) is 8.91. The summed E-state index contributed by atoms with van der Waals surface area (Å²) in [4.78, 5) is 23.8. The number of alkyl halides is 6. The molecule has 5 rings (SSSR count). The Bertz CT molecular complexity index is 1460. The second-order valence-corrected chi connectivity index (χ2v) is 11.3. The number of aromatic hydroxyl groups is 1. The van der Waals surface area contributed by atoms with Gasteiger partial charge in [0.2, 0.25) is 0 Å². The Labute approximate surface area is 285 Å². The Balaban J connectivity index is 0.00000245. The molecular formula is C30H32Cl4F6N4O2. The van der Waals surface area contributed by atoms with E-state index >= 15 is 0 Å². The molecule has 0 aliphatic carbocycles. The Morgan fingerprint density at radius 3 is 2.17 bits per heavy atom. The molecule has 1 N–H and O–H groups in total. The fourth-order valence-electron chi connectivity index (χ4n) is 5.66. The van der Waals surface area contributed by atoms with Gasteiger partial charge in [-0.15, -0.1) is 37.2 Å². The number of pyridine rings is 1. The van der Waals surface area contributed by atoms with Crippen LogP contribution >= 0.6 is 48.8 Å². The van der Waals surface area contributed by atoms with Crippen molar-refractivity contribution in [1.29, 1.82) is 0 Å². The van der Waals surface area contributed by atoms with Gasteiger partial charge >= 0.3 is 12.4 Å². The number of carbonyl (C=O) groups is 1. The van der Waals surface area contributed by atoms with Crippen molar-refractivity contribution in [1.82, 2.24) is 19.7 Å². The van der Waals surface area contributed by atoms with Crippen molar-refractivity contribution >= 4 is 54.7 Å². The highest BCUT2D eigenvalue weighted by molar-refractivity contribution is 6.32. The molecule has 254 valence electrons. The van der Waals surface area contributed by atoms with Gasteiger partial charge in [0, 0.05) is 75.7 Å². The number of aromatic nitrogens is 1. The molecule has 1 saturated heterocycles. The van der Waals surface area contributed by atoms with Gasteiger partial charge in [-0.25, -0.2) is 0 Å². The SMILES string of the molecule is Cl.Cl.Cl.O=C(c1cc(C(F)(F)F)cc(C(F)(F)F)c1)N1CCN(CCN2CCc3ncccc3C2)C[C@H]1Cc1ccc(Cl)c(O)c1. The minimum Gasteiger partial charge on any atom is -0.506 e. The maximum Gasteiger partial charge on any atom is 0.416 e. The van der Waals surface area contributed by atoms with Crippen LogP contribution in [0.4, 0.5) is 26.3 Å². The number of fused-ring (bicyclic) bond motifs is 1. The largest absolute Gasteiger partial charge is 0.506 e. The summed E-state index contributed by atoms with van der Waals surface area (Å²) in [7, 11) is 0. The van der Waals surface area contributed by atoms with Gasteiger partial charge < -0.3 is 10.0 Å². The van der Waals surface area contributed by atoms with Crippen LogP contribution in [0.15, 0.2) is 54.7 Å². The average Bonchev–Trinajstić information content (AvgIpc) is 2.96. The number of phenolic OH excluding ortho intramolecular Hbond substituents is 1. The third-order valence-electron chi connectivity index (χ3n) is 7.92. The standard InChI is InChI=1S/C30H29ClF6N4O2.3ClH/c31-25-4-3-19(13-27(25)42)12-24-18-40(9-8-39-7-5-26-20(17-39)2-1-6-38-26)10-11-41(24)28(43)21-14-22(29(32,33)34)16-23(15-21)30(35,36)37;;;/h1-4,6,13-16,24,42H,5,7-12,17-18H2;3*1H/t24-;;;/m1.../s1. The van der Waals surface area contributed by atoms with E-state index in [0.29, 0.717) is 37.3 Å². The van der Waals surface area contributed by atoms with Crippen molar-refractivity contribution in [3.05, 3.63) is 93.3 Å². The van der Waals surface area contributed by atoms with Gasteiger partial charge in [-0.05, 0) is 53.9 Å². The minimum absolute atomic E-state index is 0. The molecule has 0 saturated carbocycles. The van der Waals surface area contributed by atoms with Gasteiger partial charge in [0.15, 0.2) is 0 Å². The van der Waals surface area contributed by atoms with E-state index < -0.39 is 41.0 Å². The molecule has 0 unspecified atom stereocenters. The second-order valence-electron chi connectivity index (χ2n) is 10.9. The van der Waals surface area contributed by atoms with E-state index in [2.05, 4.69) is 20.9 Å². The Hall–Kier alpha value is -2.48. The van der Waals surface area contributed by atoms with Crippen LogP contribution in [0.5, 0.6) is 5.75 Å². The number of phenols is 1. The van der Waals surface area contributed by atoms with Crippen LogP contribution in [-0.4, -0.2) is 76.0 Å². The highest BCUT2D eigenvalue weighted by atomic mass is 35.5. The molecule has 3 heterocycles. The molecule has 1 aromatic heterocycles. The Kier molecular flexibility index (Phi) is 13.9. The summed E-state index contributed by atoms with van der Waals surface area (Å²) in [5.41, 5.74) is -0.889. The minimum atomic E-state index is -5.07. The van der Waals surface area contributed by atoms with Gasteiger partial charge in [-0.3, -0.25) is 19.6 Å². The predicted molar refractivity (Wildman–Crippen MR) is 169 cm³/mol. The van der Waals surface area contributed by atoms with Crippen LogP contribution in [0.3, 0.4) is 0 Å². The normalized spacial score (nSPS) is 17.3. The molecule has 1 fully saturated rings.